The van der Waals surface area contributed by atoms with Crippen LogP contribution in [0.3, 0.4) is 0 Å². The monoisotopic (exact) mass is 370 g/mol. The summed E-state index contributed by atoms with van der Waals surface area (Å²) in [5.74, 6) is -14.8. The Morgan fingerprint density at radius 3 is 1.05 bits per heavy atom. The molecule has 0 spiro atoms. The summed E-state index contributed by atoms with van der Waals surface area (Å²) in [6.45, 7) is 0. The predicted octanol–water partition coefficient (Wildman–Crippen LogP) is 4.52. The molecule has 0 aliphatic carbocycles. The minimum absolute atomic E-state index is 1.06. The lowest BCUT2D eigenvalue weighted by Crippen LogP contribution is -2.62. The van der Waals surface area contributed by atoms with Gasteiger partial charge in [-0.3, -0.25) is 0 Å². The zero-order chi connectivity index (χ0) is 18.4. The average molecular weight is 370 g/mol. The molecule has 0 bridgehead atoms. The fourth-order valence-corrected chi connectivity index (χ4v) is 0.672. The highest BCUT2D eigenvalue weighted by Crippen LogP contribution is 2.53. The smallest absolute Gasteiger partial charge is 0.245 e. The van der Waals surface area contributed by atoms with E-state index in [-0.39, 0.29) is 0 Å². The summed E-state index contributed by atoms with van der Waals surface area (Å²) >= 11 is 0. The first-order valence-electron chi connectivity index (χ1n) is 4.22. The quantitative estimate of drug-likeness (QED) is 0.641. The number of hydrogen-bond donors (Lipinski definition) is 0. The third-order valence-electron chi connectivity index (χ3n) is 1.81. The van der Waals surface area contributed by atoms with Crippen molar-refractivity contribution in [2.45, 2.75) is 36.3 Å². The zero-order valence-corrected chi connectivity index (χ0v) is 9.11. The Kier molecular flexibility index (Phi) is 4.99. The van der Waals surface area contributed by atoms with Gasteiger partial charge in [-0.1, -0.05) is 0 Å². The van der Waals surface area contributed by atoms with Gasteiger partial charge in [0, 0.05) is 0 Å². The summed E-state index contributed by atoms with van der Waals surface area (Å²) in [5.41, 5.74) is 0. The number of rotatable bonds is 6. The topological polar surface area (TPSA) is 18.5 Å². The number of hydrogen-bond acceptors (Lipinski definition) is 2. The van der Waals surface area contributed by atoms with Crippen molar-refractivity contribution in [2.24, 2.45) is 0 Å². The number of halogens is 14. The summed E-state index contributed by atoms with van der Waals surface area (Å²) in [7, 11) is 0. The normalized spacial score (nSPS) is 16.1. The van der Waals surface area contributed by atoms with E-state index in [2.05, 4.69) is 0 Å². The molecule has 0 rings (SSSR count). The van der Waals surface area contributed by atoms with Gasteiger partial charge in [0.1, 0.15) is 0 Å². The van der Waals surface area contributed by atoms with Gasteiger partial charge in [-0.05, 0) is 4.53 Å². The van der Waals surface area contributed by atoms with Crippen molar-refractivity contribution in [3.63, 3.8) is 0 Å². The van der Waals surface area contributed by atoms with E-state index in [9.17, 15) is 61.6 Å². The SMILES string of the molecule is FOC(F)(F)C(F)(F)C(F)(F)OC(F)(F)C(F)(F)C(F)(F)F. The molecule has 0 aliphatic rings. The molecule has 0 saturated heterocycles. The highest BCUT2D eigenvalue weighted by atomic mass is 19.4. The summed E-state index contributed by atoms with van der Waals surface area (Å²) in [5, 5.41) is 0. The largest absolute Gasteiger partial charge is 0.462 e. The number of alkyl halides is 13. The molecule has 2 nitrogen and oxygen atoms in total. The molecule has 22 heavy (non-hydrogen) atoms. The van der Waals surface area contributed by atoms with Gasteiger partial charge in [0.05, 0.1) is 0 Å². The van der Waals surface area contributed by atoms with Crippen LogP contribution in [0.25, 0.3) is 0 Å². The fraction of sp³-hybridized carbons (Fsp3) is 1.00. The molecular weight excluding hydrogens is 370 g/mol. The van der Waals surface area contributed by atoms with Crippen molar-refractivity contribution < 1.29 is 71.3 Å². The molecule has 0 aromatic heterocycles. The Labute approximate surface area is 109 Å². The fourth-order valence-electron chi connectivity index (χ4n) is 0.672. The third-order valence-corrected chi connectivity index (χ3v) is 1.81. The predicted molar refractivity (Wildman–Crippen MR) is 34.1 cm³/mol. The minimum atomic E-state index is -7.47. The molecule has 0 atom stereocenters. The summed E-state index contributed by atoms with van der Waals surface area (Å²) in [6.07, 6.45) is -29.0. The maximum absolute atomic E-state index is 12.4. The average Bonchev–Trinajstić information content (AvgIpc) is 2.25. The lowest BCUT2D eigenvalue weighted by atomic mass is 10.2. The van der Waals surface area contributed by atoms with E-state index in [4.69, 9.17) is 0 Å². The van der Waals surface area contributed by atoms with Crippen LogP contribution >= 0.6 is 0 Å². The van der Waals surface area contributed by atoms with E-state index >= 15 is 0 Å². The highest BCUT2D eigenvalue weighted by molar-refractivity contribution is 4.91. The standard InChI is InChI=1S/C6F14O2/c7-1(8,3(11,12)13)4(14,15)21-5(16,17)2(9,10)6(18,19)22-20. The van der Waals surface area contributed by atoms with E-state index in [0.29, 0.717) is 0 Å². The molecule has 0 radical (unpaired) electrons. The van der Waals surface area contributed by atoms with Gasteiger partial charge >= 0.3 is 36.3 Å². The first-order chi connectivity index (χ1) is 9.27. The van der Waals surface area contributed by atoms with Crippen molar-refractivity contribution in [3.8, 4) is 0 Å². The Morgan fingerprint density at radius 2 is 0.773 bits per heavy atom. The van der Waals surface area contributed by atoms with E-state index in [1.54, 1.807) is 0 Å². The Morgan fingerprint density at radius 1 is 0.455 bits per heavy atom. The number of ether oxygens (including phenoxy) is 1. The van der Waals surface area contributed by atoms with Crippen LogP contribution in [-0.4, -0.2) is 36.3 Å². The molecule has 0 fully saturated rings. The summed E-state index contributed by atoms with van der Waals surface area (Å²) < 4.78 is 169. The Hall–Kier alpha value is -1.06. The Bertz CT molecular complexity index is 397. The van der Waals surface area contributed by atoms with Gasteiger partial charge in [0.15, 0.2) is 0 Å². The molecule has 0 unspecified atom stereocenters. The lowest BCUT2D eigenvalue weighted by Gasteiger charge is -2.34. The van der Waals surface area contributed by atoms with Crippen LogP contribution in [0.1, 0.15) is 0 Å². The first-order valence-corrected chi connectivity index (χ1v) is 4.22. The maximum atomic E-state index is 12.4. The summed E-state index contributed by atoms with van der Waals surface area (Å²) in [4.78, 5) is 1.06. The van der Waals surface area contributed by atoms with Crippen molar-refractivity contribution in [2.75, 3.05) is 0 Å². The van der Waals surface area contributed by atoms with Crippen molar-refractivity contribution in [1.82, 2.24) is 0 Å². The lowest BCUT2D eigenvalue weighted by molar-refractivity contribution is -0.536. The molecule has 0 aromatic carbocycles. The second-order valence-corrected chi connectivity index (χ2v) is 3.38. The van der Waals surface area contributed by atoms with Gasteiger partial charge in [-0.2, -0.15) is 57.1 Å². The van der Waals surface area contributed by atoms with Gasteiger partial charge in [-0.15, -0.1) is 4.94 Å². The first kappa shape index (κ1) is 20.9. The van der Waals surface area contributed by atoms with Crippen LogP contribution in [0.4, 0.5) is 61.6 Å². The second-order valence-electron chi connectivity index (χ2n) is 3.38. The van der Waals surface area contributed by atoms with Crippen LogP contribution in [0.5, 0.6) is 0 Å². The third kappa shape index (κ3) is 3.16. The van der Waals surface area contributed by atoms with Crippen molar-refractivity contribution in [1.29, 1.82) is 0 Å². The molecular formula is C6F14O2. The molecule has 0 heterocycles. The van der Waals surface area contributed by atoms with Crippen LogP contribution in [-0.2, 0) is 9.68 Å². The van der Waals surface area contributed by atoms with Gasteiger partial charge in [-0.25, -0.2) is 4.74 Å². The molecule has 0 aromatic rings. The molecule has 134 valence electrons. The maximum Gasteiger partial charge on any atom is 0.462 e. The van der Waals surface area contributed by atoms with E-state index in [1.165, 1.54) is 4.74 Å². The van der Waals surface area contributed by atoms with Gasteiger partial charge in [0.2, 0.25) is 0 Å². The second kappa shape index (κ2) is 5.24. The molecule has 0 aliphatic heterocycles. The van der Waals surface area contributed by atoms with Crippen LogP contribution in [0, 0.1) is 0 Å². The molecule has 0 saturated carbocycles. The Balaban J connectivity index is 5.71. The zero-order valence-electron chi connectivity index (χ0n) is 9.11. The van der Waals surface area contributed by atoms with Gasteiger partial charge in [0.25, 0.3) is 0 Å². The van der Waals surface area contributed by atoms with Crippen LogP contribution in [0.2, 0.25) is 0 Å². The van der Waals surface area contributed by atoms with Crippen LogP contribution < -0.4 is 0 Å². The minimum Gasteiger partial charge on any atom is -0.245 e. The summed E-state index contributed by atoms with van der Waals surface area (Å²) in [6, 6.07) is 0. The molecule has 0 N–H and O–H groups in total. The van der Waals surface area contributed by atoms with E-state index in [1.807, 2.05) is 0 Å². The van der Waals surface area contributed by atoms with Crippen molar-refractivity contribution >= 4 is 0 Å². The highest BCUT2D eigenvalue weighted by Gasteiger charge is 2.82. The molecule has 0 amide bonds. The van der Waals surface area contributed by atoms with Gasteiger partial charge < -0.3 is 0 Å². The van der Waals surface area contributed by atoms with Crippen LogP contribution in [0.15, 0.2) is 0 Å². The van der Waals surface area contributed by atoms with Crippen molar-refractivity contribution in [3.05, 3.63) is 0 Å². The van der Waals surface area contributed by atoms with E-state index in [0.717, 1.165) is 4.94 Å². The van der Waals surface area contributed by atoms with E-state index < -0.39 is 36.3 Å². The molecule has 16 heteroatoms.